The van der Waals surface area contributed by atoms with Crippen LogP contribution >= 0.6 is 11.3 Å². The molecule has 0 aliphatic carbocycles. The summed E-state index contributed by atoms with van der Waals surface area (Å²) in [7, 11) is 0. The van der Waals surface area contributed by atoms with Crippen LogP contribution in [0, 0.1) is 13.8 Å². The molecule has 3 aromatic rings. The van der Waals surface area contributed by atoms with Gasteiger partial charge in [-0.25, -0.2) is 9.50 Å². The summed E-state index contributed by atoms with van der Waals surface area (Å²) in [5.41, 5.74) is 4.63. The molecule has 0 aromatic carbocycles. The maximum absolute atomic E-state index is 12.2. The van der Waals surface area contributed by atoms with Crippen molar-refractivity contribution in [3.8, 4) is 0 Å². The van der Waals surface area contributed by atoms with Crippen molar-refractivity contribution in [2.45, 2.75) is 46.7 Å². The molecule has 0 aliphatic heterocycles. The van der Waals surface area contributed by atoms with Crippen molar-refractivity contribution >= 4 is 28.0 Å². The van der Waals surface area contributed by atoms with Gasteiger partial charge < -0.3 is 5.32 Å². The lowest BCUT2D eigenvalue weighted by atomic mass is 10.1. The predicted octanol–water partition coefficient (Wildman–Crippen LogP) is 2.07. The van der Waals surface area contributed by atoms with Crippen LogP contribution in [0.4, 0.5) is 0 Å². The van der Waals surface area contributed by atoms with Gasteiger partial charge in [-0.15, -0.1) is 0 Å². The fourth-order valence-electron chi connectivity index (χ4n) is 2.88. The third kappa shape index (κ3) is 3.46. The molecule has 1 unspecified atom stereocenters. The molecule has 0 aliphatic rings. The van der Waals surface area contributed by atoms with E-state index in [0.29, 0.717) is 17.8 Å². The van der Waals surface area contributed by atoms with E-state index in [1.54, 1.807) is 21.6 Å². The highest BCUT2D eigenvalue weighted by molar-refractivity contribution is 7.14. The van der Waals surface area contributed by atoms with Crippen molar-refractivity contribution in [2.75, 3.05) is 0 Å². The van der Waals surface area contributed by atoms with E-state index >= 15 is 0 Å². The number of nitrogens with one attached hydrogen (secondary N) is 1. The molecular weight excluding hydrogens is 340 g/mol. The fourth-order valence-corrected chi connectivity index (χ4v) is 3.49. The maximum Gasteiger partial charge on any atom is 0.222 e. The van der Waals surface area contributed by atoms with E-state index in [9.17, 15) is 9.59 Å². The number of hydrogen-bond donors (Lipinski definition) is 1. The van der Waals surface area contributed by atoms with E-state index in [1.165, 1.54) is 18.3 Å². The second-order valence-electron chi connectivity index (χ2n) is 6.00. The minimum atomic E-state index is -0.199. The lowest BCUT2D eigenvalue weighted by Crippen LogP contribution is -2.28. The van der Waals surface area contributed by atoms with Gasteiger partial charge in [-0.3, -0.25) is 14.3 Å². The molecule has 1 N–H and O–H groups in total. The van der Waals surface area contributed by atoms with E-state index in [1.807, 2.05) is 20.0 Å². The summed E-state index contributed by atoms with van der Waals surface area (Å²) in [4.78, 5) is 29.1. The number of rotatable bonds is 6. The third-order valence-electron chi connectivity index (χ3n) is 4.11. The van der Waals surface area contributed by atoms with Crippen LogP contribution in [-0.2, 0) is 11.3 Å². The van der Waals surface area contributed by atoms with Crippen LogP contribution in [0.3, 0.4) is 0 Å². The van der Waals surface area contributed by atoms with Gasteiger partial charge in [-0.1, -0.05) is 11.3 Å². The number of Topliss-reactive ketones (excluding diaryl/α,β-unsaturated/α-hetero) is 1. The summed E-state index contributed by atoms with van der Waals surface area (Å²) in [6, 6.07) is -0.199. The monoisotopic (exact) mass is 360 g/mol. The number of aryl methyl sites for hydroxylation is 2. The van der Waals surface area contributed by atoms with Gasteiger partial charge in [0.1, 0.15) is 5.51 Å². The summed E-state index contributed by atoms with van der Waals surface area (Å²) in [5, 5.41) is 11.4. The van der Waals surface area contributed by atoms with Gasteiger partial charge in [0, 0.05) is 18.7 Å². The third-order valence-corrected chi connectivity index (χ3v) is 4.80. The first-order chi connectivity index (χ1) is 11.9. The van der Waals surface area contributed by atoms with Gasteiger partial charge in [0.15, 0.2) is 5.78 Å². The molecule has 0 saturated heterocycles. The molecule has 25 heavy (non-hydrogen) atoms. The molecule has 3 aromatic heterocycles. The molecule has 0 saturated carbocycles. The molecule has 3 heterocycles. The Labute approximate surface area is 148 Å². The average molecular weight is 360 g/mol. The maximum atomic E-state index is 12.2. The number of hydrogen-bond acceptors (Lipinski definition) is 6. The van der Waals surface area contributed by atoms with Crippen LogP contribution < -0.4 is 5.32 Å². The summed E-state index contributed by atoms with van der Waals surface area (Å²) in [6.45, 7) is 7.50. The minimum absolute atomic E-state index is 0.00677. The molecular formula is C16H20N6O2S. The molecule has 0 bridgehead atoms. The zero-order chi connectivity index (χ0) is 18.1. The molecule has 0 fully saturated rings. The highest BCUT2D eigenvalue weighted by Crippen LogP contribution is 2.16. The first-order valence-corrected chi connectivity index (χ1v) is 8.88. The molecule has 9 heteroatoms. The van der Waals surface area contributed by atoms with Crippen molar-refractivity contribution in [3.05, 3.63) is 34.4 Å². The van der Waals surface area contributed by atoms with Gasteiger partial charge in [-0.2, -0.15) is 10.2 Å². The van der Waals surface area contributed by atoms with Crippen LogP contribution in [-0.4, -0.2) is 36.1 Å². The van der Waals surface area contributed by atoms with Crippen LogP contribution in [0.25, 0.3) is 4.96 Å². The van der Waals surface area contributed by atoms with Crippen LogP contribution in [0.15, 0.2) is 11.7 Å². The molecule has 8 nitrogen and oxygen atoms in total. The SMILES string of the molecule is CC(=O)c1c(C)nn(CCC(=O)NC(C)c2cn3ncsc3n2)c1C. The minimum Gasteiger partial charge on any atom is -0.348 e. The Kier molecular flexibility index (Phi) is 4.67. The zero-order valence-electron chi connectivity index (χ0n) is 14.6. The van der Waals surface area contributed by atoms with E-state index in [-0.39, 0.29) is 24.2 Å². The number of amides is 1. The van der Waals surface area contributed by atoms with Crippen molar-refractivity contribution in [3.63, 3.8) is 0 Å². The highest BCUT2D eigenvalue weighted by atomic mass is 32.1. The number of carbonyl (C=O) groups is 2. The number of carbonyl (C=O) groups excluding carboxylic acids is 2. The first-order valence-electron chi connectivity index (χ1n) is 8.00. The normalized spacial score (nSPS) is 12.5. The second kappa shape index (κ2) is 6.75. The molecule has 132 valence electrons. The van der Waals surface area contributed by atoms with Gasteiger partial charge in [0.05, 0.1) is 29.2 Å². The lowest BCUT2D eigenvalue weighted by Gasteiger charge is -2.12. The van der Waals surface area contributed by atoms with Gasteiger partial charge in [-0.05, 0) is 27.7 Å². The van der Waals surface area contributed by atoms with Crippen LogP contribution in [0.5, 0.6) is 0 Å². The van der Waals surface area contributed by atoms with Crippen LogP contribution in [0.1, 0.15) is 53.7 Å². The largest absolute Gasteiger partial charge is 0.348 e. The Morgan fingerprint density at radius 2 is 2.12 bits per heavy atom. The Morgan fingerprint density at radius 3 is 2.76 bits per heavy atom. The smallest absolute Gasteiger partial charge is 0.222 e. The fraction of sp³-hybridized carbons (Fsp3) is 0.438. The number of ketones is 1. The number of nitrogens with zero attached hydrogens (tertiary/aromatic N) is 5. The standard InChI is InChI=1S/C16H20N6O2S/c1-9(13-7-22-16(19-13)25-8-17-22)18-14(24)5-6-21-11(3)15(12(4)23)10(2)20-21/h7-9H,5-6H2,1-4H3,(H,18,24). The Morgan fingerprint density at radius 1 is 1.36 bits per heavy atom. The van der Waals surface area contributed by atoms with Crippen molar-refractivity contribution < 1.29 is 9.59 Å². The topological polar surface area (TPSA) is 94.2 Å². The Hall–Kier alpha value is -2.55. The number of aromatic nitrogens is 5. The van der Waals surface area contributed by atoms with Crippen molar-refractivity contribution in [1.82, 2.24) is 29.7 Å². The first kappa shape index (κ1) is 17.3. The molecule has 3 rings (SSSR count). The van der Waals surface area contributed by atoms with E-state index < -0.39 is 0 Å². The predicted molar refractivity (Wildman–Crippen MR) is 93.7 cm³/mol. The summed E-state index contributed by atoms with van der Waals surface area (Å²) < 4.78 is 3.41. The summed E-state index contributed by atoms with van der Waals surface area (Å²) in [5.74, 6) is -0.0959. The van der Waals surface area contributed by atoms with E-state index in [0.717, 1.165) is 16.3 Å². The lowest BCUT2D eigenvalue weighted by molar-refractivity contribution is -0.122. The molecule has 1 amide bonds. The van der Waals surface area contributed by atoms with E-state index in [4.69, 9.17) is 0 Å². The summed E-state index contributed by atoms with van der Waals surface area (Å²) >= 11 is 1.45. The van der Waals surface area contributed by atoms with Gasteiger partial charge in [0.25, 0.3) is 0 Å². The molecule has 1 atom stereocenters. The Bertz CT molecular complexity index is 909. The summed E-state index contributed by atoms with van der Waals surface area (Å²) in [6.07, 6.45) is 2.10. The quantitative estimate of drug-likeness (QED) is 0.679. The number of imidazole rings is 1. The number of fused-ring (bicyclic) bond motifs is 1. The van der Waals surface area contributed by atoms with Gasteiger partial charge in [0.2, 0.25) is 10.9 Å². The Balaban J connectivity index is 1.60. The van der Waals surface area contributed by atoms with Crippen molar-refractivity contribution in [1.29, 1.82) is 0 Å². The van der Waals surface area contributed by atoms with Crippen LogP contribution in [0.2, 0.25) is 0 Å². The highest BCUT2D eigenvalue weighted by Gasteiger charge is 2.17. The van der Waals surface area contributed by atoms with Gasteiger partial charge >= 0.3 is 0 Å². The average Bonchev–Trinajstić information content (AvgIpc) is 3.18. The zero-order valence-corrected chi connectivity index (χ0v) is 15.4. The second-order valence-corrected chi connectivity index (χ2v) is 6.81. The van der Waals surface area contributed by atoms with E-state index in [2.05, 4.69) is 20.5 Å². The van der Waals surface area contributed by atoms with Crippen molar-refractivity contribution in [2.24, 2.45) is 0 Å². The molecule has 0 radical (unpaired) electrons. The molecule has 0 spiro atoms.